The molecule has 8 nitrogen and oxygen atoms in total. The van der Waals surface area contributed by atoms with Gasteiger partial charge in [-0.15, -0.1) is 4.98 Å². The first kappa shape index (κ1) is 13.1. The first-order valence-electron chi connectivity index (χ1n) is 5.78. The van der Waals surface area contributed by atoms with E-state index in [0.717, 1.165) is 5.56 Å². The van der Waals surface area contributed by atoms with Gasteiger partial charge in [-0.1, -0.05) is 0 Å². The molecule has 0 aliphatic carbocycles. The van der Waals surface area contributed by atoms with Gasteiger partial charge in [0.15, 0.2) is 0 Å². The van der Waals surface area contributed by atoms with Gasteiger partial charge in [-0.3, -0.25) is 4.68 Å². The van der Waals surface area contributed by atoms with Gasteiger partial charge in [0.25, 0.3) is 0 Å². The third kappa shape index (κ3) is 3.54. The van der Waals surface area contributed by atoms with Gasteiger partial charge in [0.05, 0.1) is 27.0 Å². The van der Waals surface area contributed by atoms with Gasteiger partial charge in [0, 0.05) is 12.7 Å². The van der Waals surface area contributed by atoms with E-state index >= 15 is 0 Å². The fraction of sp³-hybridized carbons (Fsp3) is 0.455. The topological polar surface area (TPSA) is 87.0 Å². The molecule has 2 rings (SSSR count). The number of rotatable bonds is 6. The van der Waals surface area contributed by atoms with E-state index in [2.05, 4.69) is 25.4 Å². The smallest absolute Gasteiger partial charge is 0.324 e. The van der Waals surface area contributed by atoms with Crippen molar-refractivity contribution >= 4 is 5.95 Å². The number of methoxy groups -OCH3 is 2. The van der Waals surface area contributed by atoms with Gasteiger partial charge in [-0.25, -0.2) is 0 Å². The molecule has 0 aliphatic rings. The number of hydrogen-bond donors (Lipinski definition) is 1. The minimum absolute atomic E-state index is 0.212. The van der Waals surface area contributed by atoms with Crippen LogP contribution in [0.5, 0.6) is 12.0 Å². The standard InChI is InChI=1S/C11H16N6O2/c1-8-6-13-17(7-8)5-4-12-9-14-10(18-2)16-11(15-9)19-3/h6-7H,4-5H2,1-3H3,(H,12,14,15,16). The van der Waals surface area contributed by atoms with Crippen molar-refractivity contribution in [3.8, 4) is 12.0 Å². The van der Waals surface area contributed by atoms with E-state index in [1.165, 1.54) is 14.2 Å². The van der Waals surface area contributed by atoms with Gasteiger partial charge in [0.1, 0.15) is 0 Å². The zero-order valence-corrected chi connectivity index (χ0v) is 11.1. The van der Waals surface area contributed by atoms with Crippen LogP contribution in [0.25, 0.3) is 0 Å². The molecule has 0 aromatic carbocycles. The lowest BCUT2D eigenvalue weighted by Gasteiger charge is -2.07. The average molecular weight is 264 g/mol. The van der Waals surface area contributed by atoms with Crippen molar-refractivity contribution in [3.63, 3.8) is 0 Å². The van der Waals surface area contributed by atoms with Crippen LogP contribution in [0.2, 0.25) is 0 Å². The van der Waals surface area contributed by atoms with Crippen LogP contribution in [0.3, 0.4) is 0 Å². The van der Waals surface area contributed by atoms with Crippen molar-refractivity contribution in [3.05, 3.63) is 18.0 Å². The van der Waals surface area contributed by atoms with Crippen LogP contribution in [-0.4, -0.2) is 45.5 Å². The maximum Gasteiger partial charge on any atom is 0.324 e. The van der Waals surface area contributed by atoms with Crippen LogP contribution in [-0.2, 0) is 6.54 Å². The molecule has 102 valence electrons. The Kier molecular flexibility index (Phi) is 4.11. The predicted molar refractivity (Wildman–Crippen MR) is 68.4 cm³/mol. The van der Waals surface area contributed by atoms with E-state index in [1.807, 2.05) is 24.0 Å². The molecule has 0 saturated heterocycles. The molecule has 2 aromatic rings. The largest absolute Gasteiger partial charge is 0.467 e. The summed E-state index contributed by atoms with van der Waals surface area (Å²) >= 11 is 0. The van der Waals surface area contributed by atoms with Crippen molar-refractivity contribution in [2.45, 2.75) is 13.5 Å². The second-order valence-electron chi connectivity index (χ2n) is 3.84. The molecule has 1 N–H and O–H groups in total. The molecule has 0 unspecified atom stereocenters. The summed E-state index contributed by atoms with van der Waals surface area (Å²) in [4.78, 5) is 12.1. The molecule has 0 atom stereocenters. The fourth-order valence-electron chi connectivity index (χ4n) is 1.47. The summed E-state index contributed by atoms with van der Waals surface area (Å²) in [5.41, 5.74) is 1.13. The van der Waals surface area contributed by atoms with E-state index in [-0.39, 0.29) is 12.0 Å². The Morgan fingerprint density at radius 3 is 2.37 bits per heavy atom. The number of anilines is 1. The molecule has 0 radical (unpaired) electrons. The van der Waals surface area contributed by atoms with E-state index in [4.69, 9.17) is 9.47 Å². The van der Waals surface area contributed by atoms with Crippen molar-refractivity contribution in [2.24, 2.45) is 0 Å². The summed E-state index contributed by atoms with van der Waals surface area (Å²) in [7, 11) is 2.98. The Bertz CT molecular complexity index is 519. The highest BCUT2D eigenvalue weighted by atomic mass is 16.5. The molecule has 0 amide bonds. The van der Waals surface area contributed by atoms with Crippen LogP contribution < -0.4 is 14.8 Å². The van der Waals surface area contributed by atoms with E-state index in [1.54, 1.807) is 0 Å². The maximum atomic E-state index is 4.97. The number of aryl methyl sites for hydroxylation is 1. The van der Waals surface area contributed by atoms with E-state index < -0.39 is 0 Å². The summed E-state index contributed by atoms with van der Waals surface area (Å²) in [6.45, 7) is 3.35. The second kappa shape index (κ2) is 5.98. The first-order valence-corrected chi connectivity index (χ1v) is 5.78. The highest BCUT2D eigenvalue weighted by molar-refractivity contribution is 5.27. The van der Waals surface area contributed by atoms with Crippen LogP contribution >= 0.6 is 0 Å². The molecule has 0 spiro atoms. The number of nitrogens with one attached hydrogen (secondary N) is 1. The SMILES string of the molecule is COc1nc(NCCn2cc(C)cn2)nc(OC)n1. The first-order chi connectivity index (χ1) is 9.21. The highest BCUT2D eigenvalue weighted by Gasteiger charge is 2.06. The zero-order valence-electron chi connectivity index (χ0n) is 11.1. The number of ether oxygens (including phenoxy) is 2. The third-order valence-electron chi connectivity index (χ3n) is 2.35. The molecule has 0 aliphatic heterocycles. The van der Waals surface area contributed by atoms with Gasteiger partial charge in [-0.05, 0) is 12.5 Å². The lowest BCUT2D eigenvalue weighted by molar-refractivity contribution is 0.341. The van der Waals surface area contributed by atoms with Crippen LogP contribution in [0.4, 0.5) is 5.95 Å². The van der Waals surface area contributed by atoms with Gasteiger partial charge in [-0.2, -0.15) is 15.1 Å². The molecule has 8 heteroatoms. The fourth-order valence-corrected chi connectivity index (χ4v) is 1.47. The summed E-state index contributed by atoms with van der Waals surface area (Å²) in [5, 5.41) is 7.26. The Labute approximate surface area is 110 Å². The zero-order chi connectivity index (χ0) is 13.7. The Balaban J connectivity index is 1.95. The normalized spacial score (nSPS) is 10.3. The predicted octanol–water partition coefficient (Wildman–Crippen LogP) is 0.506. The van der Waals surface area contributed by atoms with Crippen LogP contribution in [0.15, 0.2) is 12.4 Å². The highest BCUT2D eigenvalue weighted by Crippen LogP contribution is 2.11. The van der Waals surface area contributed by atoms with Crippen molar-refractivity contribution < 1.29 is 9.47 Å². The number of hydrogen-bond acceptors (Lipinski definition) is 7. The molecular formula is C11H16N6O2. The number of nitrogens with zero attached hydrogens (tertiary/aromatic N) is 5. The summed E-state index contributed by atoms with van der Waals surface area (Å²) in [5.74, 6) is 0.410. The average Bonchev–Trinajstić information content (AvgIpc) is 2.84. The minimum Gasteiger partial charge on any atom is -0.467 e. The number of aromatic nitrogens is 5. The molecular weight excluding hydrogens is 248 g/mol. The van der Waals surface area contributed by atoms with Gasteiger partial charge in [0.2, 0.25) is 5.95 Å². The summed E-state index contributed by atoms with van der Waals surface area (Å²) in [6, 6.07) is 0.425. The van der Waals surface area contributed by atoms with Crippen molar-refractivity contribution in [1.29, 1.82) is 0 Å². The quantitative estimate of drug-likeness (QED) is 0.813. The van der Waals surface area contributed by atoms with Gasteiger partial charge >= 0.3 is 12.0 Å². The molecule has 2 aromatic heterocycles. The Hall–Kier alpha value is -2.38. The molecule has 0 fully saturated rings. The molecule has 0 bridgehead atoms. The Morgan fingerprint density at radius 2 is 1.84 bits per heavy atom. The second-order valence-corrected chi connectivity index (χ2v) is 3.84. The third-order valence-corrected chi connectivity index (χ3v) is 2.35. The summed E-state index contributed by atoms with van der Waals surface area (Å²) in [6.07, 6.45) is 3.78. The summed E-state index contributed by atoms with van der Waals surface area (Å²) < 4.78 is 11.8. The lowest BCUT2D eigenvalue weighted by Crippen LogP contribution is -2.13. The van der Waals surface area contributed by atoms with E-state index in [9.17, 15) is 0 Å². The van der Waals surface area contributed by atoms with Crippen molar-refractivity contribution in [1.82, 2.24) is 24.7 Å². The molecule has 2 heterocycles. The monoisotopic (exact) mass is 264 g/mol. The van der Waals surface area contributed by atoms with E-state index in [0.29, 0.717) is 19.0 Å². The van der Waals surface area contributed by atoms with Crippen molar-refractivity contribution in [2.75, 3.05) is 26.1 Å². The molecule has 0 saturated carbocycles. The van der Waals surface area contributed by atoms with Crippen LogP contribution in [0, 0.1) is 6.92 Å². The Morgan fingerprint density at radius 1 is 1.16 bits per heavy atom. The molecule has 19 heavy (non-hydrogen) atoms. The minimum atomic E-state index is 0.212. The lowest BCUT2D eigenvalue weighted by atomic mass is 10.4. The van der Waals surface area contributed by atoms with Crippen LogP contribution in [0.1, 0.15) is 5.56 Å². The maximum absolute atomic E-state index is 4.97. The van der Waals surface area contributed by atoms with Gasteiger partial charge < -0.3 is 14.8 Å².